The first-order valence-electron chi connectivity index (χ1n) is 4.89. The highest BCUT2D eigenvalue weighted by Crippen LogP contribution is 2.05. The van der Waals surface area contributed by atoms with Crippen LogP contribution in [0.3, 0.4) is 0 Å². The molecular weight excluding hydrogens is 182 g/mol. The third-order valence-corrected chi connectivity index (χ3v) is 2.20. The molecule has 0 aliphatic heterocycles. The Hall–Kier alpha value is -0.940. The fraction of sp³-hybridized carbons (Fsp3) is 0.778. The van der Waals surface area contributed by atoms with Gasteiger partial charge in [0.15, 0.2) is 0 Å². The van der Waals surface area contributed by atoms with E-state index in [1.54, 1.807) is 0 Å². The van der Waals surface area contributed by atoms with Crippen LogP contribution in [0, 0.1) is 6.92 Å². The summed E-state index contributed by atoms with van der Waals surface area (Å²) in [6.45, 7) is 6.75. The molecule has 1 rings (SSSR count). The molecule has 0 aliphatic carbocycles. The molecule has 1 heterocycles. The van der Waals surface area contributed by atoms with Crippen LogP contribution < -0.4 is 0 Å². The van der Waals surface area contributed by atoms with E-state index in [1.165, 1.54) is 0 Å². The number of aliphatic hydroxyl groups excluding tert-OH is 1. The van der Waals surface area contributed by atoms with Gasteiger partial charge in [-0.15, -0.1) is 0 Å². The van der Waals surface area contributed by atoms with E-state index in [9.17, 15) is 0 Å². The van der Waals surface area contributed by atoms with Crippen molar-refractivity contribution < 1.29 is 9.74 Å². The first kappa shape index (κ1) is 11.1. The second kappa shape index (κ2) is 5.72. The zero-order valence-corrected chi connectivity index (χ0v) is 8.73. The van der Waals surface area contributed by atoms with E-state index >= 15 is 0 Å². The Morgan fingerprint density at radius 2 is 2.21 bits per heavy atom. The molecule has 0 unspecified atom stereocenters. The summed E-state index contributed by atoms with van der Waals surface area (Å²) in [5, 5.41) is 16.3. The second-order valence-corrected chi connectivity index (χ2v) is 3.24. The van der Waals surface area contributed by atoms with Gasteiger partial charge in [-0.2, -0.15) is 0 Å². The fourth-order valence-electron chi connectivity index (χ4n) is 1.25. The average Bonchev–Trinajstić information content (AvgIpc) is 2.59. The summed E-state index contributed by atoms with van der Waals surface area (Å²) in [5.41, 5.74) is 1.72. The summed E-state index contributed by atoms with van der Waals surface area (Å²) >= 11 is 0. The van der Waals surface area contributed by atoms with Crippen molar-refractivity contribution in [3.8, 4) is 0 Å². The molecule has 14 heavy (non-hydrogen) atoms. The Balaban J connectivity index is 2.44. The van der Waals surface area contributed by atoms with Crippen LogP contribution in [-0.2, 0) is 6.54 Å². The van der Waals surface area contributed by atoms with Gasteiger partial charge in [-0.05, 0) is 19.9 Å². The van der Waals surface area contributed by atoms with Gasteiger partial charge in [0.1, 0.15) is 11.4 Å². The van der Waals surface area contributed by atoms with Gasteiger partial charge in [-0.3, -0.25) is 4.90 Å². The Bertz CT molecular complexity index is 262. The lowest BCUT2D eigenvalue weighted by Crippen LogP contribution is -2.25. The lowest BCUT2D eigenvalue weighted by Gasteiger charge is -2.17. The normalized spacial score (nSPS) is 11.1. The van der Waals surface area contributed by atoms with Gasteiger partial charge in [0.25, 0.3) is 0 Å². The van der Waals surface area contributed by atoms with Crippen LogP contribution in [0.15, 0.2) is 4.63 Å². The standard InChI is InChI=1S/C9H17N3O2/c1-3-12(5-4-6-13)7-9-8(2)10-14-11-9/h13H,3-7H2,1-2H3. The second-order valence-electron chi connectivity index (χ2n) is 3.24. The smallest absolute Gasteiger partial charge is 0.122 e. The molecular formula is C9H17N3O2. The van der Waals surface area contributed by atoms with Gasteiger partial charge in [0, 0.05) is 19.7 Å². The quantitative estimate of drug-likeness (QED) is 0.726. The van der Waals surface area contributed by atoms with Crippen molar-refractivity contribution in [1.82, 2.24) is 15.2 Å². The summed E-state index contributed by atoms with van der Waals surface area (Å²) in [6, 6.07) is 0. The third kappa shape index (κ3) is 3.08. The number of aryl methyl sites for hydroxylation is 1. The Kier molecular flexibility index (Phi) is 4.55. The van der Waals surface area contributed by atoms with Crippen molar-refractivity contribution in [2.75, 3.05) is 19.7 Å². The number of aromatic nitrogens is 2. The first-order valence-corrected chi connectivity index (χ1v) is 4.89. The summed E-state index contributed by atoms with van der Waals surface area (Å²) in [4.78, 5) is 2.20. The molecule has 0 saturated heterocycles. The van der Waals surface area contributed by atoms with Crippen molar-refractivity contribution in [2.24, 2.45) is 0 Å². The van der Waals surface area contributed by atoms with Gasteiger partial charge >= 0.3 is 0 Å². The SMILES string of the molecule is CCN(CCCO)Cc1nonc1C. The highest BCUT2D eigenvalue weighted by Gasteiger charge is 2.09. The largest absolute Gasteiger partial charge is 0.396 e. The minimum Gasteiger partial charge on any atom is -0.396 e. The zero-order valence-electron chi connectivity index (χ0n) is 8.73. The van der Waals surface area contributed by atoms with E-state index in [-0.39, 0.29) is 6.61 Å². The van der Waals surface area contributed by atoms with Crippen molar-refractivity contribution in [2.45, 2.75) is 26.8 Å². The van der Waals surface area contributed by atoms with Gasteiger partial charge in [-0.1, -0.05) is 17.2 Å². The van der Waals surface area contributed by atoms with E-state index in [4.69, 9.17) is 5.11 Å². The minimum absolute atomic E-state index is 0.229. The number of hydrogen-bond donors (Lipinski definition) is 1. The summed E-state index contributed by atoms with van der Waals surface area (Å²) in [6.07, 6.45) is 0.790. The van der Waals surface area contributed by atoms with E-state index in [0.29, 0.717) is 0 Å². The zero-order chi connectivity index (χ0) is 10.4. The van der Waals surface area contributed by atoms with Crippen LogP contribution >= 0.6 is 0 Å². The van der Waals surface area contributed by atoms with E-state index < -0.39 is 0 Å². The molecule has 1 aromatic heterocycles. The Labute approximate surface area is 83.7 Å². The molecule has 0 radical (unpaired) electrons. The number of nitrogens with zero attached hydrogens (tertiary/aromatic N) is 3. The van der Waals surface area contributed by atoms with Crippen LogP contribution in [0.4, 0.5) is 0 Å². The van der Waals surface area contributed by atoms with E-state index in [2.05, 4.69) is 26.8 Å². The Morgan fingerprint density at radius 3 is 2.71 bits per heavy atom. The molecule has 5 heteroatoms. The Morgan fingerprint density at radius 1 is 1.43 bits per heavy atom. The van der Waals surface area contributed by atoms with Gasteiger partial charge in [-0.25, -0.2) is 4.63 Å². The average molecular weight is 199 g/mol. The maximum Gasteiger partial charge on any atom is 0.122 e. The summed E-state index contributed by atoms with van der Waals surface area (Å²) < 4.78 is 4.62. The predicted octanol–water partition coefficient (Wildman–Crippen LogP) is 0.582. The molecule has 1 N–H and O–H groups in total. The molecule has 0 bridgehead atoms. The molecule has 0 atom stereocenters. The van der Waals surface area contributed by atoms with Crippen molar-refractivity contribution in [3.63, 3.8) is 0 Å². The summed E-state index contributed by atoms with van der Waals surface area (Å²) in [5.74, 6) is 0. The minimum atomic E-state index is 0.229. The van der Waals surface area contributed by atoms with Crippen molar-refractivity contribution in [3.05, 3.63) is 11.4 Å². The maximum atomic E-state index is 8.72. The van der Waals surface area contributed by atoms with Crippen LogP contribution in [0.2, 0.25) is 0 Å². The monoisotopic (exact) mass is 199 g/mol. The topological polar surface area (TPSA) is 62.4 Å². The molecule has 0 aliphatic rings. The maximum absolute atomic E-state index is 8.72. The van der Waals surface area contributed by atoms with Crippen molar-refractivity contribution >= 4 is 0 Å². The molecule has 0 spiro atoms. The van der Waals surface area contributed by atoms with Crippen LogP contribution in [0.1, 0.15) is 24.7 Å². The highest BCUT2D eigenvalue weighted by atomic mass is 16.6. The molecule has 0 amide bonds. The fourth-order valence-corrected chi connectivity index (χ4v) is 1.25. The molecule has 0 fully saturated rings. The predicted molar refractivity (Wildman–Crippen MR) is 51.7 cm³/mol. The molecule has 0 aromatic carbocycles. The lowest BCUT2D eigenvalue weighted by atomic mass is 10.3. The van der Waals surface area contributed by atoms with Gasteiger partial charge in [0.2, 0.25) is 0 Å². The van der Waals surface area contributed by atoms with E-state index in [1.807, 2.05) is 6.92 Å². The summed E-state index contributed by atoms with van der Waals surface area (Å²) in [7, 11) is 0. The number of aliphatic hydroxyl groups is 1. The molecule has 1 aromatic rings. The van der Waals surface area contributed by atoms with Crippen molar-refractivity contribution in [1.29, 1.82) is 0 Å². The molecule has 5 nitrogen and oxygen atoms in total. The molecule has 0 saturated carbocycles. The highest BCUT2D eigenvalue weighted by molar-refractivity contribution is 5.03. The van der Waals surface area contributed by atoms with Crippen LogP contribution in [-0.4, -0.2) is 40.0 Å². The van der Waals surface area contributed by atoms with E-state index in [0.717, 1.165) is 37.4 Å². The first-order chi connectivity index (χ1) is 6.77. The number of hydrogen-bond acceptors (Lipinski definition) is 5. The van der Waals surface area contributed by atoms with Crippen LogP contribution in [0.5, 0.6) is 0 Å². The molecule has 80 valence electrons. The number of rotatable bonds is 6. The van der Waals surface area contributed by atoms with Crippen LogP contribution in [0.25, 0.3) is 0 Å². The lowest BCUT2D eigenvalue weighted by molar-refractivity contribution is 0.219. The van der Waals surface area contributed by atoms with Gasteiger partial charge < -0.3 is 5.11 Å². The third-order valence-electron chi connectivity index (χ3n) is 2.20. The van der Waals surface area contributed by atoms with Gasteiger partial charge in [0.05, 0.1) is 0 Å².